The molecule has 1 unspecified atom stereocenters. The highest BCUT2D eigenvalue weighted by Crippen LogP contribution is 2.45. The number of hydrogen-bond acceptors (Lipinski definition) is 4. The molecule has 2 fully saturated rings. The molecule has 0 amide bonds. The van der Waals surface area contributed by atoms with Crippen LogP contribution in [0.25, 0.3) is 0 Å². The molecule has 3 rings (SSSR count). The monoisotopic (exact) mass is 360 g/mol. The van der Waals surface area contributed by atoms with E-state index in [0.717, 1.165) is 29.7 Å². The molecule has 4 nitrogen and oxygen atoms in total. The molecular formula is C22H32O4. The van der Waals surface area contributed by atoms with Gasteiger partial charge in [0.05, 0.1) is 12.2 Å². The average molecular weight is 360 g/mol. The maximum Gasteiger partial charge on any atom is 0.351 e. The molecule has 0 aromatic heterocycles. The van der Waals surface area contributed by atoms with E-state index in [9.17, 15) is 4.79 Å². The largest absolute Gasteiger partial charge is 0.475 e. The van der Waals surface area contributed by atoms with Gasteiger partial charge in [0.25, 0.3) is 0 Å². The lowest BCUT2D eigenvalue weighted by molar-refractivity contribution is -0.165. The van der Waals surface area contributed by atoms with Crippen LogP contribution >= 0.6 is 0 Å². The van der Waals surface area contributed by atoms with Gasteiger partial charge in [0.15, 0.2) is 0 Å². The number of carbonyl (C=O) groups excluding carboxylic acids is 1. The highest BCUT2D eigenvalue weighted by atomic mass is 16.6. The first kappa shape index (κ1) is 19.2. The quantitative estimate of drug-likeness (QED) is 0.715. The SMILES string of the molecule is Cc1ccc(C2CCC(C)(C)OC2)c(OC2(C(=O)OC(C)(C)C)CC2)c1. The topological polar surface area (TPSA) is 44.8 Å². The number of carbonyl (C=O) groups is 1. The Morgan fingerprint density at radius 3 is 2.42 bits per heavy atom. The smallest absolute Gasteiger partial charge is 0.351 e. The molecule has 1 aliphatic heterocycles. The summed E-state index contributed by atoms with van der Waals surface area (Å²) in [6.07, 6.45) is 3.50. The van der Waals surface area contributed by atoms with E-state index >= 15 is 0 Å². The van der Waals surface area contributed by atoms with Crippen molar-refractivity contribution >= 4 is 5.97 Å². The highest BCUT2D eigenvalue weighted by molar-refractivity contribution is 5.83. The predicted molar refractivity (Wildman–Crippen MR) is 102 cm³/mol. The van der Waals surface area contributed by atoms with Crippen molar-refractivity contribution in [3.63, 3.8) is 0 Å². The first-order valence-corrected chi connectivity index (χ1v) is 9.67. The van der Waals surface area contributed by atoms with Crippen molar-refractivity contribution in [2.75, 3.05) is 6.61 Å². The molecule has 0 radical (unpaired) electrons. The van der Waals surface area contributed by atoms with E-state index < -0.39 is 11.2 Å². The second-order valence-corrected chi connectivity index (χ2v) is 9.45. The van der Waals surface area contributed by atoms with Crippen molar-refractivity contribution in [2.45, 2.75) is 89.9 Å². The molecule has 26 heavy (non-hydrogen) atoms. The van der Waals surface area contributed by atoms with Crippen LogP contribution in [-0.4, -0.2) is 29.4 Å². The van der Waals surface area contributed by atoms with Crippen molar-refractivity contribution in [2.24, 2.45) is 0 Å². The summed E-state index contributed by atoms with van der Waals surface area (Å²) in [5.74, 6) is 0.855. The lowest BCUT2D eigenvalue weighted by Crippen LogP contribution is -2.37. The van der Waals surface area contributed by atoms with Crippen LogP contribution in [0.4, 0.5) is 0 Å². The highest BCUT2D eigenvalue weighted by Gasteiger charge is 2.55. The van der Waals surface area contributed by atoms with E-state index in [4.69, 9.17) is 14.2 Å². The Morgan fingerprint density at radius 1 is 1.19 bits per heavy atom. The summed E-state index contributed by atoms with van der Waals surface area (Å²) < 4.78 is 17.9. The molecule has 1 aromatic rings. The molecule has 1 saturated heterocycles. The Hall–Kier alpha value is -1.55. The first-order chi connectivity index (χ1) is 12.0. The van der Waals surface area contributed by atoms with Gasteiger partial charge in [-0.05, 0) is 71.6 Å². The zero-order valence-corrected chi connectivity index (χ0v) is 17.0. The average Bonchev–Trinajstić information content (AvgIpc) is 3.27. The molecule has 1 saturated carbocycles. The molecular weight excluding hydrogens is 328 g/mol. The fraction of sp³-hybridized carbons (Fsp3) is 0.682. The summed E-state index contributed by atoms with van der Waals surface area (Å²) in [5.41, 5.74) is 0.886. The molecule has 1 aliphatic carbocycles. The standard InChI is InChI=1S/C22H32O4/c1-15-7-8-17(16-9-10-21(5,6)24-14-16)18(13-15)25-22(11-12-22)19(23)26-20(2,3)4/h7-8,13,16H,9-12,14H2,1-6H3. The van der Waals surface area contributed by atoms with E-state index in [-0.39, 0.29) is 11.6 Å². The van der Waals surface area contributed by atoms with Crippen molar-refractivity contribution in [1.29, 1.82) is 0 Å². The Bertz CT molecular complexity index is 670. The van der Waals surface area contributed by atoms with E-state index in [1.165, 1.54) is 0 Å². The zero-order chi connectivity index (χ0) is 19.2. The molecule has 1 heterocycles. The number of esters is 1. The summed E-state index contributed by atoms with van der Waals surface area (Å²) in [7, 11) is 0. The number of rotatable bonds is 4. The van der Waals surface area contributed by atoms with Gasteiger partial charge in [0, 0.05) is 18.8 Å². The normalized spacial score (nSPS) is 24.0. The fourth-order valence-corrected chi connectivity index (χ4v) is 3.36. The van der Waals surface area contributed by atoms with Gasteiger partial charge in [-0.2, -0.15) is 0 Å². The van der Waals surface area contributed by atoms with Gasteiger partial charge in [-0.3, -0.25) is 0 Å². The van der Waals surface area contributed by atoms with Crippen LogP contribution in [0.3, 0.4) is 0 Å². The van der Waals surface area contributed by atoms with E-state index in [2.05, 4.69) is 26.0 Å². The minimum atomic E-state index is -0.815. The third-order valence-electron chi connectivity index (χ3n) is 5.16. The second kappa shape index (κ2) is 6.56. The van der Waals surface area contributed by atoms with E-state index in [1.807, 2.05) is 33.8 Å². The lowest BCUT2D eigenvalue weighted by atomic mass is 9.86. The van der Waals surface area contributed by atoms with Crippen LogP contribution in [0.5, 0.6) is 5.75 Å². The van der Waals surface area contributed by atoms with Crippen LogP contribution in [0.15, 0.2) is 18.2 Å². The minimum Gasteiger partial charge on any atom is -0.475 e. The molecule has 144 valence electrons. The number of aryl methyl sites for hydroxylation is 1. The summed E-state index contributed by atoms with van der Waals surface area (Å²) in [5, 5.41) is 0. The van der Waals surface area contributed by atoms with Gasteiger partial charge in [0.2, 0.25) is 5.60 Å². The van der Waals surface area contributed by atoms with Crippen molar-refractivity contribution in [3.05, 3.63) is 29.3 Å². The fourth-order valence-electron chi connectivity index (χ4n) is 3.36. The third-order valence-corrected chi connectivity index (χ3v) is 5.16. The summed E-state index contributed by atoms with van der Waals surface area (Å²) in [6, 6.07) is 6.27. The zero-order valence-electron chi connectivity index (χ0n) is 17.0. The van der Waals surface area contributed by atoms with Crippen LogP contribution in [-0.2, 0) is 14.3 Å². The van der Waals surface area contributed by atoms with Gasteiger partial charge in [-0.1, -0.05) is 12.1 Å². The molecule has 0 spiro atoms. The summed E-state index contributed by atoms with van der Waals surface area (Å²) in [4.78, 5) is 12.6. The molecule has 0 N–H and O–H groups in total. The van der Waals surface area contributed by atoms with Crippen molar-refractivity contribution < 1.29 is 19.0 Å². The molecule has 1 aromatic carbocycles. The second-order valence-electron chi connectivity index (χ2n) is 9.45. The summed E-state index contributed by atoms with van der Waals surface area (Å²) >= 11 is 0. The van der Waals surface area contributed by atoms with Gasteiger partial charge in [0.1, 0.15) is 11.4 Å². The van der Waals surface area contributed by atoms with Crippen molar-refractivity contribution in [3.8, 4) is 5.75 Å². The molecule has 2 aliphatic rings. The van der Waals surface area contributed by atoms with E-state index in [0.29, 0.717) is 25.4 Å². The summed E-state index contributed by atoms with van der Waals surface area (Å²) in [6.45, 7) is 12.7. The molecule has 1 atom stereocenters. The number of ether oxygens (including phenoxy) is 3. The third kappa shape index (κ3) is 4.40. The Morgan fingerprint density at radius 2 is 1.88 bits per heavy atom. The molecule has 0 bridgehead atoms. The van der Waals surface area contributed by atoms with E-state index in [1.54, 1.807) is 0 Å². The maximum atomic E-state index is 12.6. The Balaban J connectivity index is 1.80. The maximum absolute atomic E-state index is 12.6. The van der Waals surface area contributed by atoms with Crippen molar-refractivity contribution in [1.82, 2.24) is 0 Å². The Labute approximate surface area is 157 Å². The van der Waals surface area contributed by atoms with Gasteiger partial charge in [-0.25, -0.2) is 4.79 Å². The predicted octanol–water partition coefficient (Wildman–Crippen LogP) is 4.92. The van der Waals surface area contributed by atoms with Gasteiger partial charge >= 0.3 is 5.97 Å². The van der Waals surface area contributed by atoms with Crippen LogP contribution in [0, 0.1) is 6.92 Å². The first-order valence-electron chi connectivity index (χ1n) is 9.67. The van der Waals surface area contributed by atoms with Gasteiger partial charge in [-0.15, -0.1) is 0 Å². The Kier molecular flexibility index (Phi) is 4.85. The number of hydrogen-bond donors (Lipinski definition) is 0. The number of benzene rings is 1. The minimum absolute atomic E-state index is 0.0591. The van der Waals surface area contributed by atoms with Crippen LogP contribution in [0.2, 0.25) is 0 Å². The van der Waals surface area contributed by atoms with Crippen LogP contribution < -0.4 is 4.74 Å². The van der Waals surface area contributed by atoms with Crippen LogP contribution in [0.1, 0.15) is 77.3 Å². The van der Waals surface area contributed by atoms with Gasteiger partial charge < -0.3 is 14.2 Å². The molecule has 4 heteroatoms. The lowest BCUT2D eigenvalue weighted by Gasteiger charge is -2.35.